The van der Waals surface area contributed by atoms with Gasteiger partial charge in [0.1, 0.15) is 0 Å². The van der Waals surface area contributed by atoms with Crippen LogP contribution in [0.2, 0.25) is 0 Å². The Morgan fingerprint density at radius 3 is 2.31 bits per heavy atom. The molecule has 5 rings (SSSR count). The van der Waals surface area contributed by atoms with Crippen LogP contribution in [0.3, 0.4) is 0 Å². The van der Waals surface area contributed by atoms with Gasteiger partial charge in [-0.05, 0) is 78.9 Å². The van der Waals surface area contributed by atoms with Crippen molar-refractivity contribution >= 4 is 5.97 Å². The number of aliphatic hydroxyl groups is 2. The van der Waals surface area contributed by atoms with Crippen molar-refractivity contribution in [3.8, 4) is 0 Å². The average Bonchev–Trinajstić information content (AvgIpc) is 2.91. The summed E-state index contributed by atoms with van der Waals surface area (Å²) in [5.41, 5.74) is 1.45. The Kier molecular flexibility index (Phi) is 4.07. The van der Waals surface area contributed by atoms with E-state index in [0.29, 0.717) is 29.2 Å². The lowest BCUT2D eigenvalue weighted by molar-refractivity contribution is -0.217. The topological polar surface area (TPSA) is 66.8 Å². The van der Waals surface area contributed by atoms with E-state index >= 15 is 0 Å². The van der Waals surface area contributed by atoms with E-state index in [1.165, 1.54) is 32.1 Å². The second-order valence-corrected chi connectivity index (χ2v) is 12.3. The molecule has 4 aliphatic carbocycles. The first-order valence-electron chi connectivity index (χ1n) is 11.8. The van der Waals surface area contributed by atoms with Gasteiger partial charge in [-0.1, -0.05) is 41.0 Å². The predicted molar refractivity (Wildman–Crippen MR) is 111 cm³/mol. The standard InChI is InChI=1S/C25H38O4/c1-22(2)10-6-11-23(3)15(22)9-12-24(4)16-8-7-14-19(21(28)29-20(14)27)25(16,5)18(26)13-17(23)24/h15-18,20,26-27H,6-13H2,1-5H3. The van der Waals surface area contributed by atoms with Gasteiger partial charge in [-0.3, -0.25) is 0 Å². The lowest BCUT2D eigenvalue weighted by Gasteiger charge is -2.69. The molecule has 3 saturated carbocycles. The molecule has 0 radical (unpaired) electrons. The number of ether oxygens (including phenoxy) is 1. The van der Waals surface area contributed by atoms with Crippen LogP contribution in [0.5, 0.6) is 0 Å². The molecule has 0 bridgehead atoms. The predicted octanol–water partition coefficient (Wildman–Crippen LogP) is 4.59. The third-order valence-electron chi connectivity index (χ3n) is 10.8. The molecule has 29 heavy (non-hydrogen) atoms. The molecular formula is C25H38O4. The SMILES string of the molecule is CC1(C)CCCC2(C)C1CCC1(C)C2CC(O)C2(C)C3=C(CCC12)C(O)OC3=O. The van der Waals surface area contributed by atoms with Crippen molar-refractivity contribution in [3.05, 3.63) is 11.1 Å². The fourth-order valence-corrected chi connectivity index (χ4v) is 9.60. The second kappa shape index (κ2) is 5.88. The summed E-state index contributed by atoms with van der Waals surface area (Å²) in [6, 6.07) is 0. The molecule has 5 aliphatic rings. The van der Waals surface area contributed by atoms with Crippen LogP contribution in [0, 0.1) is 39.4 Å². The van der Waals surface area contributed by atoms with Crippen LogP contribution >= 0.6 is 0 Å². The first kappa shape index (κ1) is 20.1. The fourth-order valence-electron chi connectivity index (χ4n) is 9.60. The van der Waals surface area contributed by atoms with Crippen LogP contribution in [0.1, 0.15) is 86.0 Å². The average molecular weight is 403 g/mol. The van der Waals surface area contributed by atoms with E-state index in [2.05, 4.69) is 34.6 Å². The highest BCUT2D eigenvalue weighted by atomic mass is 16.6. The number of carbonyl (C=O) groups excluding carboxylic acids is 1. The highest BCUT2D eigenvalue weighted by Gasteiger charge is 2.69. The Morgan fingerprint density at radius 1 is 0.897 bits per heavy atom. The number of aliphatic hydroxyl groups excluding tert-OH is 2. The van der Waals surface area contributed by atoms with Gasteiger partial charge >= 0.3 is 5.97 Å². The zero-order valence-electron chi connectivity index (χ0n) is 18.8. The first-order chi connectivity index (χ1) is 13.5. The van der Waals surface area contributed by atoms with Gasteiger partial charge in [-0.2, -0.15) is 0 Å². The van der Waals surface area contributed by atoms with E-state index in [0.717, 1.165) is 18.4 Å². The number of fused-ring (bicyclic) bond motifs is 6. The summed E-state index contributed by atoms with van der Waals surface area (Å²) in [6.45, 7) is 12.0. The van der Waals surface area contributed by atoms with Crippen LogP contribution < -0.4 is 0 Å². The Bertz CT molecular complexity index is 784. The molecule has 2 N–H and O–H groups in total. The molecule has 0 spiro atoms. The third kappa shape index (κ3) is 2.31. The van der Waals surface area contributed by atoms with Crippen molar-refractivity contribution in [2.75, 3.05) is 0 Å². The van der Waals surface area contributed by atoms with Crippen molar-refractivity contribution in [3.63, 3.8) is 0 Å². The van der Waals surface area contributed by atoms with E-state index in [4.69, 9.17) is 4.74 Å². The van der Waals surface area contributed by atoms with Gasteiger partial charge in [-0.25, -0.2) is 4.79 Å². The van der Waals surface area contributed by atoms with Crippen molar-refractivity contribution in [2.45, 2.75) is 98.4 Å². The molecule has 0 aromatic carbocycles. The van der Waals surface area contributed by atoms with Crippen molar-refractivity contribution in [2.24, 2.45) is 39.4 Å². The molecule has 3 fully saturated rings. The van der Waals surface area contributed by atoms with Crippen LogP contribution in [0.4, 0.5) is 0 Å². The van der Waals surface area contributed by atoms with Gasteiger partial charge in [-0.15, -0.1) is 0 Å². The Labute approximate surface area is 175 Å². The summed E-state index contributed by atoms with van der Waals surface area (Å²) in [6.07, 6.45) is 6.99. The molecule has 8 unspecified atom stereocenters. The highest BCUT2D eigenvalue weighted by Crippen LogP contribution is 2.73. The third-order valence-corrected chi connectivity index (χ3v) is 10.8. The maximum atomic E-state index is 12.7. The summed E-state index contributed by atoms with van der Waals surface area (Å²) < 4.78 is 5.20. The fraction of sp³-hybridized carbons (Fsp3) is 0.880. The summed E-state index contributed by atoms with van der Waals surface area (Å²) in [7, 11) is 0. The quantitative estimate of drug-likeness (QED) is 0.582. The van der Waals surface area contributed by atoms with Gasteiger partial charge in [0, 0.05) is 11.0 Å². The summed E-state index contributed by atoms with van der Waals surface area (Å²) >= 11 is 0. The lowest BCUT2D eigenvalue weighted by atomic mass is 9.35. The molecular weight excluding hydrogens is 364 g/mol. The molecule has 8 atom stereocenters. The van der Waals surface area contributed by atoms with Gasteiger partial charge in [0.15, 0.2) is 0 Å². The van der Waals surface area contributed by atoms with Crippen LogP contribution in [0.15, 0.2) is 11.1 Å². The van der Waals surface area contributed by atoms with Crippen LogP contribution in [0.25, 0.3) is 0 Å². The minimum atomic E-state index is -1.11. The molecule has 4 heteroatoms. The largest absolute Gasteiger partial charge is 0.428 e. The normalized spacial score (nSPS) is 53.5. The lowest BCUT2D eigenvalue weighted by Crippen LogP contribution is -2.65. The molecule has 4 nitrogen and oxygen atoms in total. The highest BCUT2D eigenvalue weighted by molar-refractivity contribution is 5.94. The number of hydrogen-bond donors (Lipinski definition) is 2. The van der Waals surface area contributed by atoms with E-state index in [-0.39, 0.29) is 16.7 Å². The van der Waals surface area contributed by atoms with Gasteiger partial charge in [0.25, 0.3) is 0 Å². The minimum Gasteiger partial charge on any atom is -0.428 e. The molecule has 0 saturated heterocycles. The zero-order chi connectivity index (χ0) is 21.0. The molecule has 0 aromatic heterocycles. The zero-order valence-corrected chi connectivity index (χ0v) is 18.8. The van der Waals surface area contributed by atoms with E-state index in [1.807, 2.05) is 0 Å². The van der Waals surface area contributed by atoms with E-state index < -0.39 is 23.8 Å². The number of cyclic esters (lactones) is 1. The van der Waals surface area contributed by atoms with Crippen molar-refractivity contribution in [1.82, 2.24) is 0 Å². The van der Waals surface area contributed by atoms with Gasteiger partial charge < -0.3 is 14.9 Å². The number of hydrogen-bond acceptors (Lipinski definition) is 4. The molecule has 1 heterocycles. The summed E-state index contributed by atoms with van der Waals surface area (Å²) in [5, 5.41) is 21.8. The van der Waals surface area contributed by atoms with Gasteiger partial charge in [0.2, 0.25) is 6.29 Å². The molecule has 0 aromatic rings. The minimum absolute atomic E-state index is 0.110. The van der Waals surface area contributed by atoms with Crippen molar-refractivity contribution < 1.29 is 19.7 Å². The van der Waals surface area contributed by atoms with Crippen LogP contribution in [-0.2, 0) is 9.53 Å². The molecule has 162 valence electrons. The Balaban J connectivity index is 1.61. The van der Waals surface area contributed by atoms with Crippen molar-refractivity contribution in [1.29, 1.82) is 0 Å². The first-order valence-corrected chi connectivity index (χ1v) is 11.8. The molecule has 1 aliphatic heterocycles. The maximum Gasteiger partial charge on any atom is 0.337 e. The molecule has 0 amide bonds. The second-order valence-electron chi connectivity index (χ2n) is 12.3. The van der Waals surface area contributed by atoms with Crippen LogP contribution in [-0.4, -0.2) is 28.6 Å². The van der Waals surface area contributed by atoms with Gasteiger partial charge in [0.05, 0.1) is 11.7 Å². The monoisotopic (exact) mass is 402 g/mol. The van der Waals surface area contributed by atoms with E-state index in [9.17, 15) is 15.0 Å². The smallest absolute Gasteiger partial charge is 0.337 e. The summed E-state index contributed by atoms with van der Waals surface area (Å²) in [4.78, 5) is 12.7. The number of carbonyl (C=O) groups is 1. The number of esters is 1. The summed E-state index contributed by atoms with van der Waals surface area (Å²) in [5.74, 6) is 1.03. The Hall–Kier alpha value is -0.870. The van der Waals surface area contributed by atoms with E-state index in [1.54, 1.807) is 0 Å². The number of rotatable bonds is 0. The Morgan fingerprint density at radius 2 is 1.59 bits per heavy atom. The maximum absolute atomic E-state index is 12.7.